The molecule has 2 aromatic carbocycles. The van der Waals surface area contributed by atoms with Crippen LogP contribution in [-0.4, -0.2) is 43.0 Å². The summed E-state index contributed by atoms with van der Waals surface area (Å²) in [4.78, 5) is 26.3. The Morgan fingerprint density at radius 3 is 2.53 bits per heavy atom. The maximum absolute atomic E-state index is 12.4. The van der Waals surface area contributed by atoms with Gasteiger partial charge in [0.25, 0.3) is 11.8 Å². The van der Waals surface area contributed by atoms with E-state index in [9.17, 15) is 9.59 Å². The van der Waals surface area contributed by atoms with Crippen LogP contribution in [0.15, 0.2) is 36.4 Å². The van der Waals surface area contributed by atoms with Crippen LogP contribution in [-0.2, 0) is 9.59 Å². The molecular formula is C23H25ClN2O4. The van der Waals surface area contributed by atoms with Gasteiger partial charge in [-0.3, -0.25) is 9.59 Å². The number of hydrogen-bond donors (Lipinski definition) is 1. The van der Waals surface area contributed by atoms with Crippen LogP contribution in [0.1, 0.15) is 31.9 Å². The second-order valence-corrected chi connectivity index (χ2v) is 7.13. The predicted molar refractivity (Wildman–Crippen MR) is 119 cm³/mol. The fraction of sp³-hybridized carbons (Fsp3) is 0.304. The quantitative estimate of drug-likeness (QED) is 0.629. The van der Waals surface area contributed by atoms with E-state index >= 15 is 0 Å². The van der Waals surface area contributed by atoms with Crippen molar-refractivity contribution in [1.82, 2.24) is 4.90 Å². The highest BCUT2D eigenvalue weighted by Crippen LogP contribution is 2.36. The van der Waals surface area contributed by atoms with Crippen LogP contribution in [0.3, 0.4) is 0 Å². The molecule has 158 valence electrons. The second-order valence-electron chi connectivity index (χ2n) is 6.70. The zero-order valence-electron chi connectivity index (χ0n) is 17.3. The minimum atomic E-state index is -0.185. The third kappa shape index (κ3) is 4.76. The predicted octanol–water partition coefficient (Wildman–Crippen LogP) is 4.48. The topological polar surface area (TPSA) is 67.9 Å². The number of benzene rings is 2. The van der Waals surface area contributed by atoms with E-state index in [1.165, 1.54) is 0 Å². The number of hydrogen-bond acceptors (Lipinski definition) is 4. The molecule has 0 aliphatic carbocycles. The Bertz CT molecular complexity index is 983. The maximum Gasteiger partial charge on any atom is 0.260 e. The SMILES string of the molecule is CCOc1cc(/C=C2/C(=O)Nc3cc(Cl)ccc32)ccc1OCC(=O)N(CC)CC. The average molecular weight is 429 g/mol. The van der Waals surface area contributed by atoms with Crippen molar-refractivity contribution in [1.29, 1.82) is 0 Å². The minimum absolute atomic E-state index is 0.0568. The Labute approximate surface area is 181 Å². The molecule has 2 aromatic rings. The number of halogens is 1. The summed E-state index contributed by atoms with van der Waals surface area (Å²) in [5.41, 5.74) is 2.83. The molecule has 0 saturated carbocycles. The summed E-state index contributed by atoms with van der Waals surface area (Å²) in [6.07, 6.45) is 1.79. The van der Waals surface area contributed by atoms with Crippen molar-refractivity contribution in [2.75, 3.05) is 31.6 Å². The van der Waals surface area contributed by atoms with Crippen LogP contribution in [0, 0.1) is 0 Å². The number of anilines is 1. The van der Waals surface area contributed by atoms with Crippen molar-refractivity contribution < 1.29 is 19.1 Å². The van der Waals surface area contributed by atoms with Gasteiger partial charge >= 0.3 is 0 Å². The zero-order valence-corrected chi connectivity index (χ0v) is 18.1. The van der Waals surface area contributed by atoms with Gasteiger partial charge < -0.3 is 19.7 Å². The summed E-state index contributed by atoms with van der Waals surface area (Å²) >= 11 is 6.01. The lowest BCUT2D eigenvalue weighted by Crippen LogP contribution is -2.34. The fourth-order valence-corrected chi connectivity index (χ4v) is 3.46. The number of rotatable bonds is 8. The number of amides is 2. The molecule has 0 atom stereocenters. The first-order chi connectivity index (χ1) is 14.5. The second kappa shape index (κ2) is 9.67. The molecule has 7 heteroatoms. The number of fused-ring (bicyclic) bond motifs is 1. The first-order valence-electron chi connectivity index (χ1n) is 9.97. The standard InChI is InChI=1S/C23H25ClN2O4/c1-4-26(5-2)22(27)14-30-20-10-7-15(12-21(20)29-6-3)11-18-17-9-8-16(24)13-19(17)25-23(18)28/h7-13H,4-6,14H2,1-3H3,(H,25,28)/b18-11+. The van der Waals surface area contributed by atoms with Crippen molar-refractivity contribution in [3.63, 3.8) is 0 Å². The van der Waals surface area contributed by atoms with Gasteiger partial charge in [-0.05, 0) is 56.7 Å². The van der Waals surface area contributed by atoms with Gasteiger partial charge in [-0.15, -0.1) is 0 Å². The Morgan fingerprint density at radius 1 is 1.07 bits per heavy atom. The summed E-state index contributed by atoms with van der Waals surface area (Å²) in [6.45, 7) is 7.40. The number of likely N-dealkylation sites (N-methyl/N-ethyl adjacent to an activating group) is 1. The van der Waals surface area contributed by atoms with E-state index in [1.54, 1.807) is 35.2 Å². The molecule has 2 amide bonds. The number of nitrogens with zero attached hydrogens (tertiary/aromatic N) is 1. The van der Waals surface area contributed by atoms with Crippen LogP contribution in [0.2, 0.25) is 5.02 Å². The van der Waals surface area contributed by atoms with Crippen molar-refractivity contribution in [3.8, 4) is 11.5 Å². The van der Waals surface area contributed by atoms with E-state index < -0.39 is 0 Å². The molecule has 0 saturated heterocycles. The summed E-state index contributed by atoms with van der Waals surface area (Å²) in [5.74, 6) is 0.749. The highest BCUT2D eigenvalue weighted by Gasteiger charge is 2.24. The van der Waals surface area contributed by atoms with E-state index in [0.29, 0.717) is 47.5 Å². The van der Waals surface area contributed by atoms with Crippen LogP contribution in [0.25, 0.3) is 11.6 Å². The number of nitrogens with one attached hydrogen (secondary N) is 1. The summed E-state index contributed by atoms with van der Waals surface area (Å²) in [7, 11) is 0. The molecule has 0 radical (unpaired) electrons. The molecule has 3 rings (SSSR count). The molecule has 0 spiro atoms. The Morgan fingerprint density at radius 2 is 1.83 bits per heavy atom. The van der Waals surface area contributed by atoms with Gasteiger partial charge in [0.1, 0.15) is 0 Å². The first kappa shape index (κ1) is 21.7. The number of carbonyl (C=O) groups is 2. The van der Waals surface area contributed by atoms with E-state index in [-0.39, 0.29) is 18.4 Å². The third-order valence-electron chi connectivity index (χ3n) is 4.81. The van der Waals surface area contributed by atoms with Crippen LogP contribution in [0.4, 0.5) is 5.69 Å². The van der Waals surface area contributed by atoms with Gasteiger partial charge in [0.2, 0.25) is 0 Å². The maximum atomic E-state index is 12.4. The van der Waals surface area contributed by atoms with Crippen molar-refractivity contribution in [2.24, 2.45) is 0 Å². The molecule has 1 heterocycles. The van der Waals surface area contributed by atoms with Gasteiger partial charge in [-0.25, -0.2) is 0 Å². The fourth-order valence-electron chi connectivity index (χ4n) is 3.29. The Kier molecular flexibility index (Phi) is 7.00. The molecule has 1 N–H and O–H groups in total. The molecule has 0 aromatic heterocycles. The Balaban J connectivity index is 1.84. The van der Waals surface area contributed by atoms with E-state index in [2.05, 4.69) is 5.32 Å². The molecular weight excluding hydrogens is 404 g/mol. The smallest absolute Gasteiger partial charge is 0.260 e. The number of carbonyl (C=O) groups excluding carboxylic acids is 2. The summed E-state index contributed by atoms with van der Waals surface area (Å²) in [5, 5.41) is 3.39. The first-order valence-corrected chi connectivity index (χ1v) is 10.3. The molecule has 1 aliphatic rings. The molecule has 0 bridgehead atoms. The molecule has 0 unspecified atom stereocenters. The van der Waals surface area contributed by atoms with Crippen LogP contribution in [0.5, 0.6) is 11.5 Å². The average Bonchev–Trinajstić information content (AvgIpc) is 3.02. The molecule has 30 heavy (non-hydrogen) atoms. The van der Waals surface area contributed by atoms with Crippen LogP contribution < -0.4 is 14.8 Å². The highest BCUT2D eigenvalue weighted by atomic mass is 35.5. The van der Waals surface area contributed by atoms with Gasteiger partial charge in [0.05, 0.1) is 12.3 Å². The lowest BCUT2D eigenvalue weighted by molar-refractivity contribution is -0.133. The lowest BCUT2D eigenvalue weighted by Gasteiger charge is -2.19. The largest absolute Gasteiger partial charge is 0.490 e. The van der Waals surface area contributed by atoms with Gasteiger partial charge in [-0.2, -0.15) is 0 Å². The van der Waals surface area contributed by atoms with Gasteiger partial charge in [0, 0.05) is 29.2 Å². The van der Waals surface area contributed by atoms with Crippen molar-refractivity contribution >= 4 is 40.8 Å². The van der Waals surface area contributed by atoms with Gasteiger partial charge in [-0.1, -0.05) is 23.7 Å². The van der Waals surface area contributed by atoms with Gasteiger partial charge in [0.15, 0.2) is 18.1 Å². The molecule has 1 aliphatic heterocycles. The monoisotopic (exact) mass is 428 g/mol. The number of ether oxygens (including phenoxy) is 2. The van der Waals surface area contributed by atoms with Crippen molar-refractivity contribution in [3.05, 3.63) is 52.5 Å². The molecule has 6 nitrogen and oxygen atoms in total. The third-order valence-corrected chi connectivity index (χ3v) is 5.05. The molecule has 0 fully saturated rings. The summed E-state index contributed by atoms with van der Waals surface area (Å²) < 4.78 is 11.4. The Hall–Kier alpha value is -2.99. The normalized spacial score (nSPS) is 13.7. The van der Waals surface area contributed by atoms with E-state index in [4.69, 9.17) is 21.1 Å². The highest BCUT2D eigenvalue weighted by molar-refractivity contribution is 6.36. The minimum Gasteiger partial charge on any atom is -0.490 e. The lowest BCUT2D eigenvalue weighted by atomic mass is 10.0. The van der Waals surface area contributed by atoms with Crippen LogP contribution >= 0.6 is 11.6 Å². The van der Waals surface area contributed by atoms with Crippen molar-refractivity contribution in [2.45, 2.75) is 20.8 Å². The zero-order chi connectivity index (χ0) is 21.7. The summed E-state index contributed by atoms with van der Waals surface area (Å²) in [6, 6.07) is 10.7. The van der Waals surface area contributed by atoms with E-state index in [0.717, 1.165) is 11.1 Å². The van der Waals surface area contributed by atoms with E-state index in [1.807, 2.05) is 32.9 Å².